The number of hydrogen-bond acceptors (Lipinski definition) is 5. The first-order valence-electron chi connectivity index (χ1n) is 9.41. The van der Waals surface area contributed by atoms with E-state index in [1.807, 2.05) is 18.0 Å². The van der Waals surface area contributed by atoms with Gasteiger partial charge in [-0.05, 0) is 31.6 Å². The quantitative estimate of drug-likeness (QED) is 0.823. The highest BCUT2D eigenvalue weighted by Gasteiger charge is 2.25. The van der Waals surface area contributed by atoms with Gasteiger partial charge in [0, 0.05) is 38.3 Å². The molecule has 2 aromatic rings. The number of ether oxygens (including phenoxy) is 1. The normalized spacial score (nSPS) is 18.6. The van der Waals surface area contributed by atoms with E-state index < -0.39 is 0 Å². The minimum Gasteiger partial charge on any atom is -0.477 e. The van der Waals surface area contributed by atoms with E-state index in [-0.39, 0.29) is 5.91 Å². The van der Waals surface area contributed by atoms with Crippen molar-refractivity contribution < 1.29 is 9.53 Å². The molecule has 1 saturated heterocycles. The second kappa shape index (κ2) is 7.43. The molecular formula is C19H25N5O2. The Hall–Kier alpha value is -2.44. The number of likely N-dealkylation sites (tertiary alicyclic amines) is 1. The number of aryl methyl sites for hydroxylation is 1. The number of nitrogens with zero attached hydrogens (tertiary/aromatic N) is 5. The van der Waals surface area contributed by atoms with Crippen molar-refractivity contribution in [1.29, 1.82) is 0 Å². The van der Waals surface area contributed by atoms with Crippen molar-refractivity contribution in [3.63, 3.8) is 0 Å². The molecule has 2 aliphatic rings. The fourth-order valence-corrected chi connectivity index (χ4v) is 3.58. The fraction of sp³-hybridized carbons (Fsp3) is 0.579. The third kappa shape index (κ3) is 3.71. The van der Waals surface area contributed by atoms with E-state index in [9.17, 15) is 4.79 Å². The van der Waals surface area contributed by atoms with Gasteiger partial charge in [-0.2, -0.15) is 5.10 Å². The van der Waals surface area contributed by atoms with Gasteiger partial charge in [0.2, 0.25) is 5.88 Å². The van der Waals surface area contributed by atoms with Gasteiger partial charge in [0.15, 0.2) is 0 Å². The molecule has 0 spiro atoms. The van der Waals surface area contributed by atoms with Crippen molar-refractivity contribution in [2.24, 2.45) is 13.0 Å². The van der Waals surface area contributed by atoms with Crippen LogP contribution in [0, 0.1) is 5.92 Å². The number of piperidine rings is 1. The standard InChI is InChI=1S/C19H25N5O2/c1-23-11-16(10-22-23)19(25)24-7-5-14(6-8-24)12-26-18-9-17(20-13-21-18)15-3-2-4-15/h9-11,13-15H,2-8,12H2,1H3. The van der Waals surface area contributed by atoms with Crippen molar-refractivity contribution >= 4 is 5.91 Å². The zero-order valence-electron chi connectivity index (χ0n) is 15.2. The van der Waals surface area contributed by atoms with E-state index in [0.717, 1.165) is 31.6 Å². The van der Waals surface area contributed by atoms with E-state index >= 15 is 0 Å². The summed E-state index contributed by atoms with van der Waals surface area (Å²) < 4.78 is 7.58. The number of rotatable bonds is 5. The molecule has 7 nitrogen and oxygen atoms in total. The summed E-state index contributed by atoms with van der Waals surface area (Å²) in [5.74, 6) is 1.78. The number of aromatic nitrogens is 4. The van der Waals surface area contributed by atoms with Crippen LogP contribution in [0.5, 0.6) is 5.88 Å². The summed E-state index contributed by atoms with van der Waals surface area (Å²) in [5.41, 5.74) is 1.77. The summed E-state index contributed by atoms with van der Waals surface area (Å²) in [5, 5.41) is 4.08. The van der Waals surface area contributed by atoms with Gasteiger partial charge >= 0.3 is 0 Å². The van der Waals surface area contributed by atoms with E-state index in [1.165, 1.54) is 19.3 Å². The summed E-state index contributed by atoms with van der Waals surface area (Å²) in [4.78, 5) is 23.0. The molecule has 0 radical (unpaired) electrons. The minimum atomic E-state index is 0.0680. The van der Waals surface area contributed by atoms with Gasteiger partial charge in [-0.15, -0.1) is 0 Å². The number of amides is 1. The van der Waals surface area contributed by atoms with Crippen LogP contribution >= 0.6 is 0 Å². The Bertz CT molecular complexity index is 763. The lowest BCUT2D eigenvalue weighted by Crippen LogP contribution is -2.39. The minimum absolute atomic E-state index is 0.0680. The average molecular weight is 355 g/mol. The average Bonchev–Trinajstić information content (AvgIpc) is 3.05. The molecule has 0 aromatic carbocycles. The summed E-state index contributed by atoms with van der Waals surface area (Å²) in [6.07, 6.45) is 10.6. The molecular weight excluding hydrogens is 330 g/mol. The Balaban J connectivity index is 1.26. The van der Waals surface area contributed by atoms with Crippen molar-refractivity contribution in [1.82, 2.24) is 24.6 Å². The van der Waals surface area contributed by atoms with Gasteiger partial charge in [0.25, 0.3) is 5.91 Å². The maximum atomic E-state index is 12.5. The largest absolute Gasteiger partial charge is 0.477 e. The molecule has 1 amide bonds. The van der Waals surface area contributed by atoms with Crippen LogP contribution in [0.25, 0.3) is 0 Å². The topological polar surface area (TPSA) is 73.1 Å². The molecule has 2 fully saturated rings. The van der Waals surface area contributed by atoms with E-state index in [4.69, 9.17) is 4.74 Å². The lowest BCUT2D eigenvalue weighted by Gasteiger charge is -2.31. The Morgan fingerprint density at radius 1 is 1.23 bits per heavy atom. The van der Waals surface area contributed by atoms with Crippen LogP contribution in [0.15, 0.2) is 24.8 Å². The summed E-state index contributed by atoms with van der Waals surface area (Å²) in [6.45, 7) is 2.17. The maximum absolute atomic E-state index is 12.5. The smallest absolute Gasteiger partial charge is 0.257 e. The third-order valence-corrected chi connectivity index (χ3v) is 5.51. The second-order valence-electron chi connectivity index (χ2n) is 7.36. The van der Waals surface area contributed by atoms with Crippen molar-refractivity contribution in [2.45, 2.75) is 38.0 Å². The Labute approximate surface area is 153 Å². The predicted molar refractivity (Wildman–Crippen MR) is 96.0 cm³/mol. The molecule has 7 heteroatoms. The van der Waals surface area contributed by atoms with Crippen molar-refractivity contribution in [3.05, 3.63) is 36.0 Å². The Morgan fingerprint density at radius 3 is 2.69 bits per heavy atom. The van der Waals surface area contributed by atoms with Gasteiger partial charge in [-0.25, -0.2) is 9.97 Å². The van der Waals surface area contributed by atoms with Crippen LogP contribution in [0.3, 0.4) is 0 Å². The third-order valence-electron chi connectivity index (χ3n) is 5.51. The van der Waals surface area contributed by atoms with E-state index in [1.54, 1.807) is 23.4 Å². The molecule has 1 aliphatic heterocycles. The van der Waals surface area contributed by atoms with Crippen LogP contribution in [0.4, 0.5) is 0 Å². The van der Waals surface area contributed by atoms with Gasteiger partial charge in [0.1, 0.15) is 6.33 Å². The van der Waals surface area contributed by atoms with Gasteiger partial charge < -0.3 is 9.64 Å². The fourth-order valence-electron chi connectivity index (χ4n) is 3.58. The zero-order chi connectivity index (χ0) is 17.9. The number of carbonyl (C=O) groups excluding carboxylic acids is 1. The van der Waals surface area contributed by atoms with Gasteiger partial charge in [-0.3, -0.25) is 9.48 Å². The molecule has 2 aromatic heterocycles. The van der Waals surface area contributed by atoms with Crippen LogP contribution in [0.2, 0.25) is 0 Å². The van der Waals surface area contributed by atoms with E-state index in [2.05, 4.69) is 15.1 Å². The van der Waals surface area contributed by atoms with Crippen LogP contribution < -0.4 is 4.74 Å². The van der Waals surface area contributed by atoms with Crippen LogP contribution in [-0.2, 0) is 7.05 Å². The Kier molecular flexibility index (Phi) is 4.86. The van der Waals surface area contributed by atoms with Gasteiger partial charge in [-0.1, -0.05) is 6.42 Å². The summed E-state index contributed by atoms with van der Waals surface area (Å²) in [7, 11) is 1.82. The molecule has 26 heavy (non-hydrogen) atoms. The first-order chi connectivity index (χ1) is 12.7. The van der Waals surface area contributed by atoms with Crippen molar-refractivity contribution in [3.8, 4) is 5.88 Å². The highest BCUT2D eigenvalue weighted by atomic mass is 16.5. The molecule has 1 aliphatic carbocycles. The van der Waals surface area contributed by atoms with Crippen LogP contribution in [0.1, 0.15) is 54.1 Å². The first-order valence-corrected chi connectivity index (χ1v) is 9.41. The molecule has 4 rings (SSSR count). The predicted octanol–water partition coefficient (Wildman–Crippen LogP) is 2.41. The second-order valence-corrected chi connectivity index (χ2v) is 7.36. The highest BCUT2D eigenvalue weighted by molar-refractivity contribution is 5.93. The van der Waals surface area contributed by atoms with Crippen LogP contribution in [-0.4, -0.2) is 50.3 Å². The molecule has 3 heterocycles. The van der Waals surface area contributed by atoms with Gasteiger partial charge in [0.05, 0.1) is 24.1 Å². The molecule has 1 saturated carbocycles. The zero-order valence-corrected chi connectivity index (χ0v) is 15.2. The molecule has 138 valence electrons. The summed E-state index contributed by atoms with van der Waals surface area (Å²) >= 11 is 0. The first kappa shape index (κ1) is 17.0. The summed E-state index contributed by atoms with van der Waals surface area (Å²) in [6, 6.07) is 1.99. The lowest BCUT2D eigenvalue weighted by atomic mass is 9.83. The monoisotopic (exact) mass is 355 g/mol. The Morgan fingerprint density at radius 2 is 2.04 bits per heavy atom. The molecule has 0 bridgehead atoms. The van der Waals surface area contributed by atoms with Crippen molar-refractivity contribution in [2.75, 3.05) is 19.7 Å². The number of carbonyl (C=O) groups is 1. The number of hydrogen-bond donors (Lipinski definition) is 0. The van der Waals surface area contributed by atoms with E-state index in [0.29, 0.717) is 29.9 Å². The molecule has 0 atom stereocenters. The molecule has 0 N–H and O–H groups in total. The lowest BCUT2D eigenvalue weighted by molar-refractivity contribution is 0.0659. The SMILES string of the molecule is Cn1cc(C(=O)N2CCC(COc3cc(C4CCC4)ncn3)CC2)cn1. The highest BCUT2D eigenvalue weighted by Crippen LogP contribution is 2.35. The molecule has 0 unspecified atom stereocenters. The maximum Gasteiger partial charge on any atom is 0.257 e.